The van der Waals surface area contributed by atoms with Gasteiger partial charge in [0.2, 0.25) is 5.91 Å². The third kappa shape index (κ3) is 4.29. The smallest absolute Gasteiger partial charge is 0.230 e. The van der Waals surface area contributed by atoms with E-state index >= 15 is 0 Å². The summed E-state index contributed by atoms with van der Waals surface area (Å²) >= 11 is 0. The van der Waals surface area contributed by atoms with Crippen molar-refractivity contribution in [2.24, 2.45) is 0 Å². The van der Waals surface area contributed by atoms with Crippen molar-refractivity contribution in [1.29, 1.82) is 0 Å². The van der Waals surface area contributed by atoms with E-state index in [1.807, 2.05) is 13.0 Å². The van der Waals surface area contributed by atoms with Crippen LogP contribution in [0.4, 0.5) is 5.69 Å². The number of aliphatic hydroxyl groups is 1. The third-order valence-corrected chi connectivity index (χ3v) is 2.88. The lowest BCUT2D eigenvalue weighted by molar-refractivity contribution is -0.115. The quantitative estimate of drug-likeness (QED) is 0.853. The topological polar surface area (TPSA) is 71.5 Å². The molecule has 0 radical (unpaired) electrons. The standard InChI is InChI=1S/C16H18N2O3/c1-2-21-15-7-6-14(9-12(15)11-19)18-16(20)10-13-5-3-4-8-17-13/h3-9,19H,2,10-11H2,1H3,(H,18,20). The Balaban J connectivity index is 2.04. The van der Waals surface area contributed by atoms with Crippen molar-refractivity contribution >= 4 is 11.6 Å². The molecular weight excluding hydrogens is 268 g/mol. The van der Waals surface area contributed by atoms with Crippen LogP contribution in [0.2, 0.25) is 0 Å². The first-order valence-electron chi connectivity index (χ1n) is 6.79. The molecule has 5 nitrogen and oxygen atoms in total. The molecular formula is C16H18N2O3. The molecule has 0 atom stereocenters. The SMILES string of the molecule is CCOc1ccc(NC(=O)Cc2ccccn2)cc1CO. The Labute approximate surface area is 123 Å². The van der Waals surface area contributed by atoms with Crippen LogP contribution in [0.15, 0.2) is 42.6 Å². The number of hydrogen-bond donors (Lipinski definition) is 2. The number of hydrogen-bond acceptors (Lipinski definition) is 4. The monoisotopic (exact) mass is 286 g/mol. The molecule has 1 amide bonds. The average molecular weight is 286 g/mol. The van der Waals surface area contributed by atoms with Gasteiger partial charge in [-0.1, -0.05) is 6.07 Å². The number of aliphatic hydroxyl groups excluding tert-OH is 1. The molecule has 1 aromatic heterocycles. The molecule has 0 unspecified atom stereocenters. The van der Waals surface area contributed by atoms with Crippen LogP contribution in [-0.2, 0) is 17.8 Å². The molecule has 1 heterocycles. The minimum Gasteiger partial charge on any atom is -0.494 e. The number of benzene rings is 1. The highest BCUT2D eigenvalue weighted by molar-refractivity contribution is 5.92. The van der Waals surface area contributed by atoms with Crippen molar-refractivity contribution in [2.75, 3.05) is 11.9 Å². The Morgan fingerprint density at radius 3 is 2.86 bits per heavy atom. The Kier molecular flexibility index (Phi) is 5.29. The summed E-state index contributed by atoms with van der Waals surface area (Å²) in [6.07, 6.45) is 1.87. The van der Waals surface area contributed by atoms with Gasteiger partial charge in [-0.2, -0.15) is 0 Å². The molecule has 0 saturated heterocycles. The Morgan fingerprint density at radius 1 is 1.33 bits per heavy atom. The fourth-order valence-electron chi connectivity index (χ4n) is 1.95. The van der Waals surface area contributed by atoms with Gasteiger partial charge in [-0.15, -0.1) is 0 Å². The number of pyridine rings is 1. The van der Waals surface area contributed by atoms with Crippen molar-refractivity contribution < 1.29 is 14.6 Å². The molecule has 1 aromatic carbocycles. The fraction of sp³-hybridized carbons (Fsp3) is 0.250. The van der Waals surface area contributed by atoms with E-state index in [1.54, 1.807) is 36.5 Å². The van der Waals surface area contributed by atoms with Crippen molar-refractivity contribution in [3.63, 3.8) is 0 Å². The second-order valence-corrected chi connectivity index (χ2v) is 4.46. The predicted molar refractivity (Wildman–Crippen MR) is 80.1 cm³/mol. The number of carbonyl (C=O) groups is 1. The molecule has 0 fully saturated rings. The van der Waals surface area contributed by atoms with Gasteiger partial charge in [0.05, 0.1) is 19.6 Å². The van der Waals surface area contributed by atoms with Gasteiger partial charge in [-0.25, -0.2) is 0 Å². The molecule has 5 heteroatoms. The predicted octanol–water partition coefficient (Wildman–Crippen LogP) is 2.15. The summed E-state index contributed by atoms with van der Waals surface area (Å²) < 4.78 is 5.40. The van der Waals surface area contributed by atoms with Gasteiger partial charge >= 0.3 is 0 Å². The molecule has 0 bridgehead atoms. The van der Waals surface area contributed by atoms with Gasteiger partial charge in [0.25, 0.3) is 0 Å². The molecule has 0 aliphatic carbocycles. The maximum atomic E-state index is 11.9. The molecule has 2 aromatic rings. The number of rotatable bonds is 6. The molecule has 110 valence electrons. The number of aromatic nitrogens is 1. The summed E-state index contributed by atoms with van der Waals surface area (Å²) in [6, 6.07) is 10.7. The van der Waals surface area contributed by atoms with Gasteiger partial charge < -0.3 is 15.2 Å². The van der Waals surface area contributed by atoms with Gasteiger partial charge in [-0.3, -0.25) is 9.78 Å². The minimum atomic E-state index is -0.151. The van der Waals surface area contributed by atoms with Crippen LogP contribution in [0.5, 0.6) is 5.75 Å². The Bertz CT molecular complexity index is 600. The van der Waals surface area contributed by atoms with E-state index in [9.17, 15) is 9.90 Å². The summed E-state index contributed by atoms with van der Waals surface area (Å²) in [5.74, 6) is 0.476. The molecule has 0 spiro atoms. The van der Waals surface area contributed by atoms with Crippen molar-refractivity contribution in [3.05, 3.63) is 53.9 Å². The second kappa shape index (κ2) is 7.40. The highest BCUT2D eigenvalue weighted by atomic mass is 16.5. The number of nitrogens with zero attached hydrogens (tertiary/aromatic N) is 1. The molecule has 0 aliphatic heterocycles. The van der Waals surface area contributed by atoms with Crippen molar-refractivity contribution in [2.45, 2.75) is 20.0 Å². The summed E-state index contributed by atoms with van der Waals surface area (Å²) in [5, 5.41) is 12.1. The lowest BCUT2D eigenvalue weighted by Crippen LogP contribution is -2.15. The fourth-order valence-corrected chi connectivity index (χ4v) is 1.95. The van der Waals surface area contributed by atoms with E-state index in [0.29, 0.717) is 29.3 Å². The molecule has 2 rings (SSSR count). The molecule has 2 N–H and O–H groups in total. The zero-order valence-corrected chi connectivity index (χ0v) is 11.9. The van der Waals surface area contributed by atoms with E-state index in [1.165, 1.54) is 0 Å². The number of anilines is 1. The van der Waals surface area contributed by atoms with E-state index in [4.69, 9.17) is 4.74 Å². The zero-order valence-electron chi connectivity index (χ0n) is 11.9. The first kappa shape index (κ1) is 15.0. The largest absolute Gasteiger partial charge is 0.494 e. The van der Waals surface area contributed by atoms with Gasteiger partial charge in [0.15, 0.2) is 0 Å². The molecule has 0 aliphatic rings. The maximum Gasteiger partial charge on any atom is 0.230 e. The average Bonchev–Trinajstić information content (AvgIpc) is 2.50. The van der Waals surface area contributed by atoms with Crippen LogP contribution < -0.4 is 10.1 Å². The number of ether oxygens (including phenoxy) is 1. The van der Waals surface area contributed by atoms with Crippen LogP contribution in [0.25, 0.3) is 0 Å². The highest BCUT2D eigenvalue weighted by Crippen LogP contribution is 2.23. The number of carbonyl (C=O) groups excluding carboxylic acids is 1. The minimum absolute atomic E-state index is 0.140. The first-order valence-corrected chi connectivity index (χ1v) is 6.79. The van der Waals surface area contributed by atoms with Crippen LogP contribution >= 0.6 is 0 Å². The third-order valence-electron chi connectivity index (χ3n) is 2.88. The van der Waals surface area contributed by atoms with Crippen molar-refractivity contribution in [1.82, 2.24) is 4.98 Å². The second-order valence-electron chi connectivity index (χ2n) is 4.46. The van der Waals surface area contributed by atoms with E-state index in [2.05, 4.69) is 10.3 Å². The van der Waals surface area contributed by atoms with Gasteiger partial charge in [-0.05, 0) is 37.3 Å². The van der Waals surface area contributed by atoms with Gasteiger partial charge in [0, 0.05) is 23.1 Å². The lowest BCUT2D eigenvalue weighted by Gasteiger charge is -2.11. The van der Waals surface area contributed by atoms with E-state index in [-0.39, 0.29) is 18.9 Å². The maximum absolute atomic E-state index is 11.9. The van der Waals surface area contributed by atoms with Gasteiger partial charge in [0.1, 0.15) is 5.75 Å². The Hall–Kier alpha value is -2.40. The van der Waals surface area contributed by atoms with Crippen LogP contribution in [-0.4, -0.2) is 22.6 Å². The molecule has 0 saturated carbocycles. The lowest BCUT2D eigenvalue weighted by atomic mass is 10.1. The summed E-state index contributed by atoms with van der Waals surface area (Å²) in [7, 11) is 0. The highest BCUT2D eigenvalue weighted by Gasteiger charge is 2.08. The number of nitrogens with one attached hydrogen (secondary N) is 1. The van der Waals surface area contributed by atoms with Crippen molar-refractivity contribution in [3.8, 4) is 5.75 Å². The van der Waals surface area contributed by atoms with Crippen LogP contribution in [0.1, 0.15) is 18.2 Å². The number of amides is 1. The summed E-state index contributed by atoms with van der Waals surface area (Å²) in [4.78, 5) is 16.1. The van der Waals surface area contributed by atoms with Crippen LogP contribution in [0.3, 0.4) is 0 Å². The Morgan fingerprint density at radius 2 is 2.19 bits per heavy atom. The first-order chi connectivity index (χ1) is 10.2. The molecule has 21 heavy (non-hydrogen) atoms. The van der Waals surface area contributed by atoms with Crippen LogP contribution in [0, 0.1) is 0 Å². The van der Waals surface area contributed by atoms with E-state index < -0.39 is 0 Å². The summed E-state index contributed by atoms with van der Waals surface area (Å²) in [6.45, 7) is 2.27. The van der Waals surface area contributed by atoms with E-state index in [0.717, 1.165) is 0 Å². The zero-order chi connectivity index (χ0) is 15.1. The summed E-state index contributed by atoms with van der Waals surface area (Å²) in [5.41, 5.74) is 1.99. The normalized spacial score (nSPS) is 10.2.